The van der Waals surface area contributed by atoms with Gasteiger partial charge in [-0.2, -0.15) is 4.31 Å². The third-order valence-electron chi connectivity index (χ3n) is 4.94. The van der Waals surface area contributed by atoms with E-state index in [9.17, 15) is 13.2 Å². The first-order valence-electron chi connectivity index (χ1n) is 8.47. The number of halogens is 1. The lowest BCUT2D eigenvalue weighted by atomic mass is 10.1. The highest BCUT2D eigenvalue weighted by Gasteiger charge is 2.32. The van der Waals surface area contributed by atoms with Crippen molar-refractivity contribution in [3.8, 4) is 0 Å². The molecule has 7 heteroatoms. The molecule has 5 nitrogen and oxygen atoms in total. The van der Waals surface area contributed by atoms with Gasteiger partial charge in [0.05, 0.1) is 5.75 Å². The second-order valence-corrected chi connectivity index (χ2v) is 8.93. The van der Waals surface area contributed by atoms with Gasteiger partial charge < -0.3 is 4.90 Å². The van der Waals surface area contributed by atoms with Gasteiger partial charge in [0.15, 0.2) is 0 Å². The molecule has 0 spiro atoms. The van der Waals surface area contributed by atoms with Gasteiger partial charge in [-0.1, -0.05) is 42.6 Å². The SMILES string of the molecule is O=C(C1CCCC1)N1CCN(S(=O)(=O)Cc2ccccc2Cl)CC1. The average molecular weight is 371 g/mol. The minimum absolute atomic E-state index is 0.0940. The Labute approximate surface area is 148 Å². The number of hydrogen-bond acceptors (Lipinski definition) is 3. The summed E-state index contributed by atoms with van der Waals surface area (Å²) in [5, 5.41) is 0.469. The highest BCUT2D eigenvalue weighted by molar-refractivity contribution is 7.88. The van der Waals surface area contributed by atoms with Crippen LogP contribution in [0.4, 0.5) is 0 Å². The second-order valence-electron chi connectivity index (χ2n) is 6.55. The Balaban J connectivity index is 1.59. The van der Waals surface area contributed by atoms with Gasteiger partial charge in [-0.15, -0.1) is 0 Å². The zero-order valence-corrected chi connectivity index (χ0v) is 15.2. The van der Waals surface area contributed by atoms with Crippen LogP contribution in [0.5, 0.6) is 0 Å². The normalized spacial score (nSPS) is 20.5. The molecule has 1 aliphatic carbocycles. The maximum absolute atomic E-state index is 12.6. The van der Waals surface area contributed by atoms with E-state index in [1.807, 2.05) is 4.90 Å². The summed E-state index contributed by atoms with van der Waals surface area (Å²) in [6, 6.07) is 7.01. The topological polar surface area (TPSA) is 57.7 Å². The second kappa shape index (κ2) is 7.42. The largest absolute Gasteiger partial charge is 0.340 e. The average Bonchev–Trinajstić information content (AvgIpc) is 3.11. The molecule has 132 valence electrons. The van der Waals surface area contributed by atoms with Crippen molar-refractivity contribution in [2.75, 3.05) is 26.2 Å². The van der Waals surface area contributed by atoms with Crippen LogP contribution in [0, 0.1) is 5.92 Å². The summed E-state index contributed by atoms with van der Waals surface area (Å²) in [7, 11) is -3.42. The van der Waals surface area contributed by atoms with Crippen LogP contribution in [0.1, 0.15) is 31.2 Å². The maximum atomic E-state index is 12.6. The van der Waals surface area contributed by atoms with Crippen molar-refractivity contribution in [1.82, 2.24) is 9.21 Å². The lowest BCUT2D eigenvalue weighted by molar-refractivity contribution is -0.136. The van der Waals surface area contributed by atoms with Crippen LogP contribution in [0.15, 0.2) is 24.3 Å². The number of carbonyl (C=O) groups excluding carboxylic acids is 1. The molecule has 3 rings (SSSR count). The number of amides is 1. The number of sulfonamides is 1. The number of carbonyl (C=O) groups is 1. The molecule has 0 radical (unpaired) electrons. The Hall–Kier alpha value is -1.11. The van der Waals surface area contributed by atoms with Crippen LogP contribution >= 0.6 is 11.6 Å². The van der Waals surface area contributed by atoms with E-state index in [1.54, 1.807) is 24.3 Å². The Bertz CT molecular complexity index is 694. The standard InChI is InChI=1S/C17H23ClN2O3S/c18-16-8-4-3-7-15(16)13-24(22,23)20-11-9-19(10-12-20)17(21)14-5-1-2-6-14/h3-4,7-8,14H,1-2,5-6,9-13H2. The number of rotatable bonds is 4. The van der Waals surface area contributed by atoms with Gasteiger partial charge in [-0.05, 0) is 24.5 Å². The molecule has 2 fully saturated rings. The van der Waals surface area contributed by atoms with E-state index in [0.29, 0.717) is 36.8 Å². The van der Waals surface area contributed by atoms with Crippen LogP contribution < -0.4 is 0 Å². The van der Waals surface area contributed by atoms with Crippen LogP contribution in [-0.4, -0.2) is 49.7 Å². The molecule has 1 aliphatic heterocycles. The van der Waals surface area contributed by atoms with Gasteiger partial charge in [0, 0.05) is 37.1 Å². The Kier molecular flexibility index (Phi) is 5.47. The van der Waals surface area contributed by atoms with E-state index >= 15 is 0 Å². The van der Waals surface area contributed by atoms with Crippen molar-refractivity contribution in [3.63, 3.8) is 0 Å². The van der Waals surface area contributed by atoms with Gasteiger partial charge in [-0.3, -0.25) is 4.79 Å². The smallest absolute Gasteiger partial charge is 0.225 e. The molecule has 0 bridgehead atoms. The molecule has 1 aromatic rings. The van der Waals surface area contributed by atoms with Gasteiger partial charge in [-0.25, -0.2) is 8.42 Å². The van der Waals surface area contributed by atoms with E-state index in [0.717, 1.165) is 25.7 Å². The number of piperazine rings is 1. The first-order valence-corrected chi connectivity index (χ1v) is 10.5. The van der Waals surface area contributed by atoms with Crippen LogP contribution in [0.2, 0.25) is 5.02 Å². The van der Waals surface area contributed by atoms with Crippen LogP contribution in [0.3, 0.4) is 0 Å². The first-order chi connectivity index (χ1) is 11.5. The van der Waals surface area contributed by atoms with Crippen molar-refractivity contribution in [2.45, 2.75) is 31.4 Å². The predicted octanol–water partition coefficient (Wildman–Crippen LogP) is 2.50. The summed E-state index contributed by atoms with van der Waals surface area (Å²) in [5.41, 5.74) is 0.614. The van der Waals surface area contributed by atoms with Gasteiger partial charge in [0.2, 0.25) is 15.9 Å². The summed E-state index contributed by atoms with van der Waals surface area (Å²) in [4.78, 5) is 14.3. The molecule has 1 saturated heterocycles. The van der Waals surface area contributed by atoms with E-state index in [2.05, 4.69) is 0 Å². The Morgan fingerprint density at radius 1 is 1.08 bits per heavy atom. The highest BCUT2D eigenvalue weighted by Crippen LogP contribution is 2.27. The summed E-state index contributed by atoms with van der Waals surface area (Å²) < 4.78 is 26.7. The molecule has 0 atom stereocenters. The summed E-state index contributed by atoms with van der Waals surface area (Å²) >= 11 is 6.07. The fraction of sp³-hybridized carbons (Fsp3) is 0.588. The van der Waals surface area contributed by atoms with Crippen molar-refractivity contribution >= 4 is 27.5 Å². The summed E-state index contributed by atoms with van der Waals surface area (Å²) in [6.45, 7) is 1.70. The summed E-state index contributed by atoms with van der Waals surface area (Å²) in [5.74, 6) is 0.260. The molecule has 1 heterocycles. The first kappa shape index (κ1) is 17.7. The van der Waals surface area contributed by atoms with E-state index in [1.165, 1.54) is 4.31 Å². The van der Waals surface area contributed by atoms with Crippen LogP contribution in [-0.2, 0) is 20.6 Å². The molecular weight excluding hydrogens is 348 g/mol. The highest BCUT2D eigenvalue weighted by atomic mass is 35.5. The van der Waals surface area contributed by atoms with Gasteiger partial charge in [0.25, 0.3) is 0 Å². The lowest BCUT2D eigenvalue weighted by Gasteiger charge is -2.35. The monoisotopic (exact) mass is 370 g/mol. The molecule has 0 N–H and O–H groups in total. The van der Waals surface area contributed by atoms with E-state index < -0.39 is 10.0 Å². The zero-order valence-electron chi connectivity index (χ0n) is 13.7. The van der Waals surface area contributed by atoms with Gasteiger partial charge >= 0.3 is 0 Å². The quantitative estimate of drug-likeness (QED) is 0.818. The van der Waals surface area contributed by atoms with Crippen molar-refractivity contribution < 1.29 is 13.2 Å². The molecule has 2 aliphatic rings. The number of hydrogen-bond donors (Lipinski definition) is 0. The van der Waals surface area contributed by atoms with Gasteiger partial charge in [0.1, 0.15) is 0 Å². The molecule has 24 heavy (non-hydrogen) atoms. The molecular formula is C17H23ClN2O3S. The van der Waals surface area contributed by atoms with Crippen molar-refractivity contribution in [2.24, 2.45) is 5.92 Å². The minimum atomic E-state index is -3.42. The third-order valence-corrected chi connectivity index (χ3v) is 7.14. The third kappa shape index (κ3) is 3.92. The fourth-order valence-electron chi connectivity index (χ4n) is 3.52. The zero-order chi connectivity index (χ0) is 17.2. The summed E-state index contributed by atoms with van der Waals surface area (Å²) in [6.07, 6.45) is 4.21. The minimum Gasteiger partial charge on any atom is -0.340 e. The maximum Gasteiger partial charge on any atom is 0.225 e. The molecule has 0 unspecified atom stereocenters. The molecule has 1 aromatic carbocycles. The molecule has 1 amide bonds. The Morgan fingerprint density at radius 2 is 1.71 bits per heavy atom. The number of benzene rings is 1. The Morgan fingerprint density at radius 3 is 2.33 bits per heavy atom. The van der Waals surface area contributed by atoms with E-state index in [4.69, 9.17) is 11.6 Å². The number of nitrogens with zero attached hydrogens (tertiary/aromatic N) is 2. The lowest BCUT2D eigenvalue weighted by Crippen LogP contribution is -2.51. The predicted molar refractivity (Wildman–Crippen MR) is 94.2 cm³/mol. The molecule has 0 aromatic heterocycles. The molecule has 1 saturated carbocycles. The van der Waals surface area contributed by atoms with Crippen LogP contribution in [0.25, 0.3) is 0 Å². The van der Waals surface area contributed by atoms with Crippen molar-refractivity contribution in [1.29, 1.82) is 0 Å². The van der Waals surface area contributed by atoms with Crippen molar-refractivity contribution in [3.05, 3.63) is 34.9 Å². The fourth-order valence-corrected chi connectivity index (χ4v) is 5.35. The van der Waals surface area contributed by atoms with E-state index in [-0.39, 0.29) is 17.6 Å².